The molecule has 2 aromatic rings. The zero-order valence-corrected chi connectivity index (χ0v) is 16.6. The fourth-order valence-corrected chi connectivity index (χ4v) is 3.04. The molecule has 0 aliphatic carbocycles. The summed E-state index contributed by atoms with van der Waals surface area (Å²) in [6, 6.07) is 3.78. The number of hydrogen-bond donors (Lipinski definition) is 0. The summed E-state index contributed by atoms with van der Waals surface area (Å²) >= 11 is 0. The van der Waals surface area contributed by atoms with Crippen LogP contribution in [0.15, 0.2) is 12.1 Å². The summed E-state index contributed by atoms with van der Waals surface area (Å²) < 4.78 is 8.91. The van der Waals surface area contributed by atoms with E-state index in [2.05, 4.69) is 23.5 Å². The zero-order chi connectivity index (χ0) is 19.4. The van der Waals surface area contributed by atoms with Gasteiger partial charge in [-0.3, -0.25) is 14.3 Å². The van der Waals surface area contributed by atoms with E-state index in [4.69, 9.17) is 4.74 Å². The highest BCUT2D eigenvalue weighted by molar-refractivity contribution is 5.99. The number of aryl methyl sites for hydroxylation is 3. The van der Waals surface area contributed by atoms with Crippen LogP contribution in [0.3, 0.4) is 0 Å². The Morgan fingerprint density at radius 1 is 1.12 bits per heavy atom. The van der Waals surface area contributed by atoms with Crippen LogP contribution in [0.25, 0.3) is 0 Å². The van der Waals surface area contributed by atoms with E-state index in [1.54, 1.807) is 4.68 Å². The lowest BCUT2D eigenvalue weighted by molar-refractivity contribution is -0.143. The second kappa shape index (κ2) is 8.34. The first-order valence-corrected chi connectivity index (χ1v) is 9.05. The molecule has 0 bridgehead atoms. The molecule has 0 N–H and O–H groups in total. The lowest BCUT2D eigenvalue weighted by Crippen LogP contribution is -2.20. The van der Waals surface area contributed by atoms with E-state index in [0.717, 1.165) is 35.7 Å². The van der Waals surface area contributed by atoms with Gasteiger partial charge in [0.25, 0.3) is 0 Å². The molecule has 2 heterocycles. The number of hydrogen-bond acceptors (Lipinski definition) is 4. The Hall–Kier alpha value is -2.37. The topological polar surface area (TPSA) is 66.1 Å². The molecule has 0 aromatic carbocycles. The van der Waals surface area contributed by atoms with E-state index in [-0.39, 0.29) is 18.9 Å². The average Bonchev–Trinajstić information content (AvgIpc) is 3.01. The van der Waals surface area contributed by atoms with Gasteiger partial charge in [-0.15, -0.1) is 0 Å². The monoisotopic (exact) mass is 359 g/mol. The molecule has 0 unspecified atom stereocenters. The van der Waals surface area contributed by atoms with Gasteiger partial charge in [0.1, 0.15) is 6.54 Å². The highest BCUT2D eigenvalue weighted by atomic mass is 16.5. The van der Waals surface area contributed by atoms with Gasteiger partial charge in [-0.1, -0.05) is 13.8 Å². The van der Waals surface area contributed by atoms with Crippen LogP contribution in [0.1, 0.15) is 53.4 Å². The van der Waals surface area contributed by atoms with Crippen molar-refractivity contribution >= 4 is 11.8 Å². The van der Waals surface area contributed by atoms with Crippen LogP contribution in [0.2, 0.25) is 0 Å². The standard InChI is InChI=1S/C20H29N3O3/c1-13(2)7-8-22-15(4)10-18(17(22)6)19(24)12-26-20(25)11-23-16(5)9-14(3)21-23/h9-10,13H,7-8,11-12H2,1-6H3. The Kier molecular flexibility index (Phi) is 6.40. The van der Waals surface area contributed by atoms with Crippen LogP contribution in [0.4, 0.5) is 0 Å². The number of Topliss-reactive ketones (excluding diaryl/α,β-unsaturated/α-hetero) is 1. The molecule has 2 rings (SSSR count). The van der Waals surface area contributed by atoms with Crippen LogP contribution >= 0.6 is 0 Å². The van der Waals surface area contributed by atoms with Crippen molar-refractivity contribution < 1.29 is 14.3 Å². The van der Waals surface area contributed by atoms with E-state index in [1.807, 2.05) is 39.8 Å². The minimum atomic E-state index is -0.460. The van der Waals surface area contributed by atoms with Gasteiger partial charge < -0.3 is 9.30 Å². The Morgan fingerprint density at radius 2 is 1.81 bits per heavy atom. The highest BCUT2D eigenvalue weighted by Crippen LogP contribution is 2.18. The van der Waals surface area contributed by atoms with Crippen molar-refractivity contribution in [3.05, 3.63) is 40.5 Å². The third kappa shape index (κ3) is 4.84. The summed E-state index contributed by atoms with van der Waals surface area (Å²) in [5.74, 6) is -0.0283. The molecule has 6 heteroatoms. The minimum Gasteiger partial charge on any atom is -0.456 e. The summed E-state index contributed by atoms with van der Waals surface area (Å²) in [7, 11) is 0. The lowest BCUT2D eigenvalue weighted by Gasteiger charge is -2.11. The molecule has 2 aromatic heterocycles. The Balaban J connectivity index is 1.96. The van der Waals surface area contributed by atoms with Crippen molar-refractivity contribution in [2.75, 3.05) is 6.61 Å². The maximum absolute atomic E-state index is 12.5. The zero-order valence-electron chi connectivity index (χ0n) is 16.6. The van der Waals surface area contributed by atoms with E-state index < -0.39 is 5.97 Å². The summed E-state index contributed by atoms with van der Waals surface area (Å²) in [5, 5.41) is 4.23. The van der Waals surface area contributed by atoms with Crippen LogP contribution in [-0.2, 0) is 22.6 Å². The van der Waals surface area contributed by atoms with Gasteiger partial charge in [0, 0.05) is 29.2 Å². The average molecular weight is 359 g/mol. The van der Waals surface area contributed by atoms with E-state index in [9.17, 15) is 9.59 Å². The van der Waals surface area contributed by atoms with Crippen molar-refractivity contribution in [2.45, 2.75) is 61.1 Å². The summed E-state index contributed by atoms with van der Waals surface area (Å²) in [4.78, 5) is 24.5. The summed E-state index contributed by atoms with van der Waals surface area (Å²) in [6.45, 7) is 12.7. The van der Waals surface area contributed by atoms with Crippen molar-refractivity contribution in [3.63, 3.8) is 0 Å². The number of aromatic nitrogens is 3. The SMILES string of the molecule is Cc1cc(C)n(CC(=O)OCC(=O)c2cc(C)n(CCC(C)C)c2C)n1. The molecule has 26 heavy (non-hydrogen) atoms. The fourth-order valence-electron chi connectivity index (χ4n) is 3.04. The normalized spacial score (nSPS) is 11.2. The number of rotatable bonds is 8. The van der Waals surface area contributed by atoms with Crippen LogP contribution in [0.5, 0.6) is 0 Å². The van der Waals surface area contributed by atoms with E-state index in [0.29, 0.717) is 11.5 Å². The van der Waals surface area contributed by atoms with E-state index >= 15 is 0 Å². The maximum atomic E-state index is 12.5. The number of carbonyl (C=O) groups is 2. The molecule has 0 fully saturated rings. The van der Waals surface area contributed by atoms with Crippen LogP contribution in [0, 0.1) is 33.6 Å². The molecule has 0 aliphatic heterocycles. The molecule has 0 spiro atoms. The van der Waals surface area contributed by atoms with Gasteiger partial charge in [-0.2, -0.15) is 5.10 Å². The first kappa shape index (κ1) is 19.9. The van der Waals surface area contributed by atoms with Crippen molar-refractivity contribution in [2.24, 2.45) is 5.92 Å². The molecule has 0 saturated heterocycles. The van der Waals surface area contributed by atoms with Crippen LogP contribution < -0.4 is 0 Å². The predicted octanol–water partition coefficient (Wildman–Crippen LogP) is 3.39. The molecule has 142 valence electrons. The third-order valence-corrected chi connectivity index (χ3v) is 4.55. The number of nitrogens with zero attached hydrogens (tertiary/aromatic N) is 3. The number of ketones is 1. The molecule has 0 saturated carbocycles. The van der Waals surface area contributed by atoms with Crippen molar-refractivity contribution in [3.8, 4) is 0 Å². The minimum absolute atomic E-state index is 0.0142. The largest absolute Gasteiger partial charge is 0.456 e. The maximum Gasteiger partial charge on any atom is 0.328 e. The molecule has 0 radical (unpaired) electrons. The van der Waals surface area contributed by atoms with Gasteiger partial charge >= 0.3 is 5.97 Å². The second-order valence-electron chi connectivity index (χ2n) is 7.29. The Bertz CT molecular complexity index is 800. The van der Waals surface area contributed by atoms with Crippen LogP contribution in [-0.4, -0.2) is 32.7 Å². The first-order chi connectivity index (χ1) is 12.2. The molecular weight excluding hydrogens is 330 g/mol. The number of esters is 1. The Morgan fingerprint density at radius 3 is 2.38 bits per heavy atom. The smallest absolute Gasteiger partial charge is 0.328 e. The highest BCUT2D eigenvalue weighted by Gasteiger charge is 2.18. The van der Waals surface area contributed by atoms with Gasteiger partial charge in [0.05, 0.1) is 5.69 Å². The molecule has 6 nitrogen and oxygen atoms in total. The van der Waals surface area contributed by atoms with Gasteiger partial charge in [-0.25, -0.2) is 0 Å². The predicted molar refractivity (Wildman–Crippen MR) is 100 cm³/mol. The second-order valence-corrected chi connectivity index (χ2v) is 7.29. The van der Waals surface area contributed by atoms with E-state index in [1.165, 1.54) is 0 Å². The van der Waals surface area contributed by atoms with Gasteiger partial charge in [0.2, 0.25) is 5.78 Å². The molecule has 0 aliphatic rings. The van der Waals surface area contributed by atoms with Crippen molar-refractivity contribution in [1.82, 2.24) is 14.3 Å². The van der Waals surface area contributed by atoms with Crippen molar-refractivity contribution in [1.29, 1.82) is 0 Å². The number of ether oxygens (including phenoxy) is 1. The molecule has 0 amide bonds. The molecule has 0 atom stereocenters. The molecular formula is C20H29N3O3. The summed E-state index contributed by atoms with van der Waals surface area (Å²) in [5.41, 5.74) is 4.35. The number of carbonyl (C=O) groups excluding carboxylic acids is 2. The lowest BCUT2D eigenvalue weighted by atomic mass is 10.1. The third-order valence-electron chi connectivity index (χ3n) is 4.55. The van der Waals surface area contributed by atoms with Gasteiger partial charge in [0.15, 0.2) is 6.61 Å². The first-order valence-electron chi connectivity index (χ1n) is 9.05. The summed E-state index contributed by atoms with van der Waals surface area (Å²) in [6.07, 6.45) is 1.06. The quantitative estimate of drug-likeness (QED) is 0.535. The van der Waals surface area contributed by atoms with Gasteiger partial charge in [-0.05, 0) is 52.2 Å². The Labute approximate surface area is 155 Å². The fraction of sp³-hybridized carbons (Fsp3) is 0.550.